The van der Waals surface area contributed by atoms with Gasteiger partial charge in [0.25, 0.3) is 0 Å². The Morgan fingerprint density at radius 2 is 1.98 bits per heavy atom. The van der Waals surface area contributed by atoms with E-state index >= 15 is 0 Å². The topological polar surface area (TPSA) is 88.9 Å². The Hall–Kier alpha value is -3.07. The second kappa shape index (κ2) is 10.1. The second-order valence-electron chi connectivity index (χ2n) is 13.1. The Morgan fingerprint density at radius 3 is 2.65 bits per heavy atom. The number of ether oxygens (including phenoxy) is 2. The fourth-order valence-corrected chi connectivity index (χ4v) is 8.07. The van der Waals surface area contributed by atoms with Gasteiger partial charge in [0.05, 0.1) is 25.4 Å². The molecule has 0 bridgehead atoms. The minimum atomic E-state index is -0.532. The maximum absolute atomic E-state index is 12.7. The first-order chi connectivity index (χ1) is 19.1. The molecule has 2 aliphatic carbocycles. The fourth-order valence-electron chi connectivity index (χ4n) is 8.07. The number of imidazole rings is 1. The molecule has 2 aliphatic heterocycles. The number of rotatable bonds is 6. The molecule has 3 heterocycles. The van der Waals surface area contributed by atoms with Crippen LogP contribution in [0.2, 0.25) is 0 Å². The van der Waals surface area contributed by atoms with E-state index in [1.54, 1.807) is 4.90 Å². The molecule has 4 aliphatic rings. The summed E-state index contributed by atoms with van der Waals surface area (Å²) in [6.45, 7) is 9.95. The molecule has 1 saturated heterocycles. The number of fused-ring (bicyclic) bond motifs is 1. The molecule has 3 fully saturated rings. The van der Waals surface area contributed by atoms with Gasteiger partial charge in [0, 0.05) is 48.7 Å². The lowest BCUT2D eigenvalue weighted by Gasteiger charge is -2.68. The zero-order valence-corrected chi connectivity index (χ0v) is 24.5. The van der Waals surface area contributed by atoms with Crippen LogP contribution in [0.5, 0.6) is 0 Å². The lowest BCUT2D eigenvalue weighted by atomic mass is 9.53. The number of likely N-dealkylation sites (tertiary alicyclic amines) is 1. The summed E-state index contributed by atoms with van der Waals surface area (Å²) in [6, 6.07) is 11.8. The highest BCUT2D eigenvalue weighted by molar-refractivity contribution is 5.68. The number of piperidine rings is 1. The van der Waals surface area contributed by atoms with Crippen molar-refractivity contribution in [2.45, 2.75) is 103 Å². The summed E-state index contributed by atoms with van der Waals surface area (Å²) < 4.78 is 13.0. The molecular formula is C31H43N5O4. The first-order valence-corrected chi connectivity index (χ1v) is 14.8. The van der Waals surface area contributed by atoms with Crippen molar-refractivity contribution in [3.8, 4) is 0 Å². The van der Waals surface area contributed by atoms with Gasteiger partial charge in [0.2, 0.25) is 0 Å². The predicted molar refractivity (Wildman–Crippen MR) is 151 cm³/mol. The van der Waals surface area contributed by atoms with Crippen molar-refractivity contribution >= 4 is 12.2 Å². The third-order valence-electron chi connectivity index (χ3n) is 9.72. The number of carbonyl (C=O) groups excluding carboxylic acids is 2. The number of methoxy groups -OCH3 is 1. The van der Waals surface area contributed by atoms with Crippen molar-refractivity contribution < 1.29 is 19.1 Å². The lowest BCUT2D eigenvalue weighted by Crippen LogP contribution is -2.74. The molecule has 5 atom stereocenters. The number of alkyl carbamates (subject to hydrolysis) is 1. The van der Waals surface area contributed by atoms with Crippen molar-refractivity contribution in [2.75, 3.05) is 20.2 Å². The van der Waals surface area contributed by atoms with Crippen molar-refractivity contribution in [1.82, 2.24) is 24.7 Å². The maximum atomic E-state index is 12.7. The van der Waals surface area contributed by atoms with Crippen LogP contribution < -0.4 is 5.32 Å². The number of hydrogen-bond donors (Lipinski definition) is 1. The zero-order chi connectivity index (χ0) is 28.2. The summed E-state index contributed by atoms with van der Waals surface area (Å²) in [5.74, 6) is 1.06. The second-order valence-corrected chi connectivity index (χ2v) is 13.1. The Labute approximate surface area is 237 Å². The molecule has 5 unspecified atom stereocenters. The van der Waals surface area contributed by atoms with Gasteiger partial charge in [0.15, 0.2) is 0 Å². The van der Waals surface area contributed by atoms with Crippen LogP contribution in [-0.4, -0.2) is 69.4 Å². The first-order valence-electron chi connectivity index (χ1n) is 14.8. The molecule has 2 saturated carbocycles. The number of amides is 2. The minimum Gasteiger partial charge on any atom is -0.453 e. The Balaban J connectivity index is 1.15. The molecule has 2 amide bonds. The van der Waals surface area contributed by atoms with Crippen LogP contribution in [-0.2, 0) is 22.4 Å². The van der Waals surface area contributed by atoms with Crippen LogP contribution in [0.1, 0.15) is 87.7 Å². The van der Waals surface area contributed by atoms with E-state index in [9.17, 15) is 9.59 Å². The summed E-state index contributed by atoms with van der Waals surface area (Å²) in [6.07, 6.45) is 5.93. The summed E-state index contributed by atoms with van der Waals surface area (Å²) in [4.78, 5) is 34.2. The quantitative estimate of drug-likeness (QED) is 0.537. The van der Waals surface area contributed by atoms with Gasteiger partial charge in [-0.3, -0.25) is 4.90 Å². The molecular weight excluding hydrogens is 506 g/mol. The van der Waals surface area contributed by atoms with Gasteiger partial charge in [-0.05, 0) is 65.4 Å². The number of nitrogens with zero attached hydrogens (tertiary/aromatic N) is 4. The normalized spacial score (nSPS) is 27.9. The van der Waals surface area contributed by atoms with Crippen molar-refractivity contribution in [1.29, 1.82) is 0 Å². The van der Waals surface area contributed by atoms with Gasteiger partial charge in [-0.2, -0.15) is 0 Å². The summed E-state index contributed by atoms with van der Waals surface area (Å²) >= 11 is 0. The molecule has 1 N–H and O–H groups in total. The number of aromatic nitrogens is 2. The highest BCUT2D eigenvalue weighted by Gasteiger charge is 2.69. The van der Waals surface area contributed by atoms with E-state index in [1.165, 1.54) is 32.1 Å². The highest BCUT2D eigenvalue weighted by atomic mass is 16.6. The molecule has 0 radical (unpaired) electrons. The van der Waals surface area contributed by atoms with E-state index in [0.29, 0.717) is 36.6 Å². The lowest BCUT2D eigenvalue weighted by molar-refractivity contribution is -0.188. The van der Waals surface area contributed by atoms with Crippen molar-refractivity contribution in [3.05, 3.63) is 53.1 Å². The minimum absolute atomic E-state index is 0.0935. The average molecular weight is 550 g/mol. The molecule has 9 heteroatoms. The van der Waals surface area contributed by atoms with Crippen LogP contribution in [0.25, 0.3) is 0 Å². The first kappa shape index (κ1) is 27.1. The predicted octanol–water partition coefficient (Wildman–Crippen LogP) is 5.14. The summed E-state index contributed by atoms with van der Waals surface area (Å²) in [5.41, 5.74) is 3.32. The largest absolute Gasteiger partial charge is 0.453 e. The third-order valence-corrected chi connectivity index (χ3v) is 9.72. The van der Waals surface area contributed by atoms with E-state index in [0.717, 1.165) is 42.9 Å². The molecule has 1 spiro atoms. The van der Waals surface area contributed by atoms with Gasteiger partial charge in [-0.1, -0.05) is 30.3 Å². The SMILES string of the molecule is COC(=O)N1CCc2c(nc(C)n2C2CC3N(CCC(NC(=O)OC(C)(C)C)c4ccccc4)C4CCC43C2)C1. The fraction of sp³-hybridized carbons (Fsp3) is 0.645. The molecule has 1 aromatic heterocycles. The van der Waals surface area contributed by atoms with E-state index in [2.05, 4.69) is 33.8 Å². The van der Waals surface area contributed by atoms with E-state index in [-0.39, 0.29) is 18.2 Å². The number of benzene rings is 1. The van der Waals surface area contributed by atoms with Crippen LogP contribution in [0, 0.1) is 12.3 Å². The molecule has 40 heavy (non-hydrogen) atoms. The van der Waals surface area contributed by atoms with Crippen molar-refractivity contribution in [2.24, 2.45) is 5.41 Å². The Bertz CT molecular complexity index is 1270. The average Bonchev–Trinajstić information content (AvgIpc) is 3.44. The zero-order valence-electron chi connectivity index (χ0n) is 24.5. The Morgan fingerprint density at radius 1 is 1.20 bits per heavy atom. The van der Waals surface area contributed by atoms with Gasteiger partial charge in [-0.15, -0.1) is 0 Å². The van der Waals surface area contributed by atoms with Crippen LogP contribution in [0.3, 0.4) is 0 Å². The van der Waals surface area contributed by atoms with Crippen LogP contribution in [0.15, 0.2) is 30.3 Å². The van der Waals surface area contributed by atoms with E-state index in [1.807, 2.05) is 39.0 Å². The van der Waals surface area contributed by atoms with E-state index < -0.39 is 5.60 Å². The van der Waals surface area contributed by atoms with Gasteiger partial charge in [-0.25, -0.2) is 14.6 Å². The molecule has 216 valence electrons. The number of nitrogens with one attached hydrogen (secondary N) is 1. The molecule has 1 aromatic carbocycles. The molecule has 6 rings (SSSR count). The monoisotopic (exact) mass is 549 g/mol. The number of aryl methyl sites for hydroxylation is 1. The number of hydrogen-bond acceptors (Lipinski definition) is 6. The van der Waals surface area contributed by atoms with Crippen LogP contribution >= 0.6 is 0 Å². The summed E-state index contributed by atoms with van der Waals surface area (Å²) in [5, 5.41) is 3.15. The van der Waals surface area contributed by atoms with E-state index in [4.69, 9.17) is 14.5 Å². The Kier molecular flexibility index (Phi) is 6.84. The highest BCUT2D eigenvalue weighted by Crippen LogP contribution is 2.67. The van der Waals surface area contributed by atoms with Crippen LogP contribution in [0.4, 0.5) is 9.59 Å². The van der Waals surface area contributed by atoms with Gasteiger partial charge >= 0.3 is 12.2 Å². The third kappa shape index (κ3) is 4.66. The number of carbonyl (C=O) groups is 2. The maximum Gasteiger partial charge on any atom is 0.409 e. The van der Waals surface area contributed by atoms with Gasteiger partial charge < -0.3 is 24.3 Å². The smallest absolute Gasteiger partial charge is 0.409 e. The standard InChI is InChI=1S/C31H43N5O4/c1-20-32-24-19-34(29(38)39-5)15-13-25(24)36(20)22-17-27-31(18-22)14-11-26(31)35(27)16-12-23(21-9-7-6-8-10-21)33-28(37)40-30(2,3)4/h6-10,22-23,26-27H,11-19H2,1-5H3,(H,33,37). The molecule has 2 aromatic rings. The van der Waals surface area contributed by atoms with Crippen molar-refractivity contribution in [3.63, 3.8) is 0 Å². The summed E-state index contributed by atoms with van der Waals surface area (Å²) in [7, 11) is 1.44. The van der Waals surface area contributed by atoms with Gasteiger partial charge in [0.1, 0.15) is 11.4 Å². The molecule has 9 nitrogen and oxygen atoms in total.